The van der Waals surface area contributed by atoms with Gasteiger partial charge in [0.2, 0.25) is 0 Å². The van der Waals surface area contributed by atoms with E-state index in [9.17, 15) is 0 Å². The average molecular weight is 425 g/mol. The van der Waals surface area contributed by atoms with E-state index in [1.54, 1.807) is 12.4 Å². The summed E-state index contributed by atoms with van der Waals surface area (Å²) < 4.78 is 0. The molecule has 5 heteroatoms. The Morgan fingerprint density at radius 2 is 1.53 bits per heavy atom. The fourth-order valence-corrected chi connectivity index (χ4v) is 2.40. The van der Waals surface area contributed by atoms with Crippen LogP contribution in [0.15, 0.2) is 36.7 Å². The molecule has 0 saturated heterocycles. The number of imidazole rings is 1. The molecule has 0 N–H and O–H groups in total. The summed E-state index contributed by atoms with van der Waals surface area (Å²) in [4.78, 5) is 17.9. The van der Waals surface area contributed by atoms with Crippen LogP contribution >= 0.6 is 0 Å². The number of hydrogen-bond donors (Lipinski definition) is 0. The zero-order valence-electron chi connectivity index (χ0n) is 10.1. The Hall–Kier alpha value is -1.84. The van der Waals surface area contributed by atoms with Gasteiger partial charge in [0.15, 0.2) is 0 Å². The molecule has 4 rings (SSSR count). The minimum Gasteiger partial charge on any atom is -0.439 e. The van der Waals surface area contributed by atoms with Crippen molar-refractivity contribution in [2.45, 2.75) is 6.92 Å². The van der Waals surface area contributed by atoms with Crippen molar-refractivity contribution in [2.75, 3.05) is 0 Å². The van der Waals surface area contributed by atoms with Crippen LogP contribution in [0, 0.1) is 6.92 Å². The number of fused-ring (bicyclic) bond motifs is 6. The van der Waals surface area contributed by atoms with Crippen molar-refractivity contribution in [3.05, 3.63) is 42.5 Å². The van der Waals surface area contributed by atoms with E-state index in [0.29, 0.717) is 0 Å². The van der Waals surface area contributed by atoms with Gasteiger partial charge in [0.25, 0.3) is 0 Å². The maximum Gasteiger partial charge on any atom is 0.0967 e. The fraction of sp³-hybridized carbons (Fsp3) is 0.0714. The van der Waals surface area contributed by atoms with E-state index in [2.05, 4.69) is 19.9 Å². The monoisotopic (exact) mass is 426 g/mol. The van der Waals surface area contributed by atoms with Gasteiger partial charge in [-0.1, -0.05) is 18.0 Å². The van der Waals surface area contributed by atoms with Gasteiger partial charge in [-0.3, -0.25) is 9.97 Å². The quantitative estimate of drug-likeness (QED) is 0.407. The number of benzene rings is 1. The fourth-order valence-electron chi connectivity index (χ4n) is 2.40. The van der Waals surface area contributed by atoms with Crippen molar-refractivity contribution < 1.29 is 20.1 Å². The number of nitrogens with zero attached hydrogens (tertiary/aromatic N) is 4. The Balaban J connectivity index is 0.00000110. The van der Waals surface area contributed by atoms with Gasteiger partial charge in [-0.2, -0.15) is 0 Å². The first kappa shape index (κ1) is 12.2. The van der Waals surface area contributed by atoms with Crippen LogP contribution in [0.3, 0.4) is 0 Å². The Bertz CT molecular complexity index is 825. The predicted octanol–water partition coefficient (Wildman–Crippen LogP) is 2.59. The number of aromatic nitrogens is 4. The Labute approximate surface area is 122 Å². The largest absolute Gasteiger partial charge is 0.439 e. The normalized spacial score (nSPS) is 11.0. The minimum atomic E-state index is 0. The number of rotatable bonds is 0. The molecule has 0 amide bonds. The molecule has 4 nitrogen and oxygen atoms in total. The second-order valence-electron chi connectivity index (χ2n) is 4.27. The van der Waals surface area contributed by atoms with Crippen LogP contribution in [-0.2, 0) is 20.1 Å². The standard InChI is InChI=1S/C14H9N4.Ir/c1-8-17-13-9-4-2-6-15-11(9)12-10(14(13)18-8)5-3-7-16-12;/h2-7H,1H3;/q-1;. The molecule has 0 spiro atoms. The molecule has 0 saturated carbocycles. The summed E-state index contributed by atoms with van der Waals surface area (Å²) in [5, 5.41) is 2.03. The molecule has 0 fully saturated rings. The Kier molecular flexibility index (Phi) is 2.81. The van der Waals surface area contributed by atoms with Crippen LogP contribution in [0.5, 0.6) is 0 Å². The molecule has 3 aromatic heterocycles. The van der Waals surface area contributed by atoms with Crippen molar-refractivity contribution >= 4 is 32.8 Å². The SMILES string of the molecule is Cc1nc2c3cccnc3c3ncccc3c2[n-]1.[Ir]. The molecule has 0 atom stereocenters. The molecule has 0 aliphatic heterocycles. The van der Waals surface area contributed by atoms with Crippen LogP contribution in [-0.4, -0.2) is 15.0 Å². The molecule has 1 aromatic carbocycles. The summed E-state index contributed by atoms with van der Waals surface area (Å²) in [5.41, 5.74) is 3.60. The third-order valence-corrected chi connectivity index (χ3v) is 3.12. The number of hydrogen-bond acceptors (Lipinski definition) is 3. The number of aryl methyl sites for hydroxylation is 1. The Morgan fingerprint density at radius 3 is 2.26 bits per heavy atom. The summed E-state index contributed by atoms with van der Waals surface area (Å²) in [7, 11) is 0. The molecule has 0 aliphatic rings. The second kappa shape index (κ2) is 4.37. The summed E-state index contributed by atoms with van der Waals surface area (Å²) >= 11 is 0. The zero-order chi connectivity index (χ0) is 12.1. The summed E-state index contributed by atoms with van der Waals surface area (Å²) in [5.74, 6) is 0.784. The van der Waals surface area contributed by atoms with E-state index in [0.717, 1.165) is 38.7 Å². The molecule has 3 heterocycles. The molecule has 0 aliphatic carbocycles. The first-order chi connectivity index (χ1) is 8.84. The molecular weight excluding hydrogens is 416 g/mol. The van der Waals surface area contributed by atoms with E-state index in [1.165, 1.54) is 0 Å². The van der Waals surface area contributed by atoms with Gasteiger partial charge in [0.05, 0.1) is 11.0 Å². The van der Waals surface area contributed by atoms with Crippen molar-refractivity contribution in [1.82, 2.24) is 19.9 Å². The molecular formula is C14H9IrN4-. The molecule has 0 unspecified atom stereocenters. The number of pyridine rings is 2. The molecule has 0 bridgehead atoms. The predicted molar refractivity (Wildman–Crippen MR) is 70.4 cm³/mol. The smallest absolute Gasteiger partial charge is 0.0967 e. The maximum absolute atomic E-state index is 4.51. The third-order valence-electron chi connectivity index (χ3n) is 3.12. The first-order valence-corrected chi connectivity index (χ1v) is 5.77. The van der Waals surface area contributed by atoms with Gasteiger partial charge in [0.1, 0.15) is 0 Å². The summed E-state index contributed by atoms with van der Waals surface area (Å²) in [6, 6.07) is 7.88. The summed E-state index contributed by atoms with van der Waals surface area (Å²) in [6.07, 6.45) is 3.57. The summed E-state index contributed by atoms with van der Waals surface area (Å²) in [6.45, 7) is 1.91. The van der Waals surface area contributed by atoms with Gasteiger partial charge in [-0.25, -0.2) is 0 Å². The van der Waals surface area contributed by atoms with E-state index in [1.807, 2.05) is 31.2 Å². The van der Waals surface area contributed by atoms with Crippen molar-refractivity contribution in [1.29, 1.82) is 0 Å². The van der Waals surface area contributed by atoms with Gasteiger partial charge in [-0.15, -0.1) is 0 Å². The second-order valence-corrected chi connectivity index (χ2v) is 4.27. The average Bonchev–Trinajstić information content (AvgIpc) is 2.81. The van der Waals surface area contributed by atoms with Gasteiger partial charge in [0, 0.05) is 43.3 Å². The zero-order valence-corrected chi connectivity index (χ0v) is 12.5. The van der Waals surface area contributed by atoms with Crippen LogP contribution in [0.25, 0.3) is 32.8 Å². The third kappa shape index (κ3) is 1.66. The van der Waals surface area contributed by atoms with Crippen LogP contribution in [0.2, 0.25) is 0 Å². The maximum atomic E-state index is 4.51. The van der Waals surface area contributed by atoms with E-state index >= 15 is 0 Å². The van der Waals surface area contributed by atoms with E-state index in [4.69, 9.17) is 0 Å². The molecule has 19 heavy (non-hydrogen) atoms. The molecule has 4 aromatic rings. The van der Waals surface area contributed by atoms with E-state index in [-0.39, 0.29) is 20.1 Å². The van der Waals surface area contributed by atoms with E-state index < -0.39 is 0 Å². The van der Waals surface area contributed by atoms with Crippen LogP contribution < -0.4 is 4.98 Å². The van der Waals surface area contributed by atoms with Gasteiger partial charge in [-0.05, 0) is 30.1 Å². The van der Waals surface area contributed by atoms with Gasteiger partial charge < -0.3 is 9.97 Å². The van der Waals surface area contributed by atoms with Crippen molar-refractivity contribution in [3.8, 4) is 0 Å². The topological polar surface area (TPSA) is 52.8 Å². The van der Waals surface area contributed by atoms with Crippen molar-refractivity contribution in [2.24, 2.45) is 0 Å². The van der Waals surface area contributed by atoms with Crippen molar-refractivity contribution in [3.63, 3.8) is 0 Å². The van der Waals surface area contributed by atoms with Gasteiger partial charge >= 0.3 is 0 Å². The Morgan fingerprint density at radius 1 is 0.895 bits per heavy atom. The molecule has 1 radical (unpaired) electrons. The van der Waals surface area contributed by atoms with Crippen LogP contribution in [0.1, 0.15) is 5.82 Å². The first-order valence-electron chi connectivity index (χ1n) is 5.77. The minimum absolute atomic E-state index is 0. The molecule has 95 valence electrons. The van der Waals surface area contributed by atoms with Crippen LogP contribution in [0.4, 0.5) is 0 Å².